The van der Waals surface area contributed by atoms with Crippen LogP contribution in [0.15, 0.2) is 0 Å². The molecule has 0 aliphatic heterocycles. The highest BCUT2D eigenvalue weighted by Crippen LogP contribution is 2.00. The van der Waals surface area contributed by atoms with Crippen LogP contribution in [0.2, 0.25) is 0 Å². The van der Waals surface area contributed by atoms with E-state index in [2.05, 4.69) is 27.9 Å². The molecule has 3 heteroatoms. The topological polar surface area (TPSA) is 29.1 Å². The first kappa shape index (κ1) is 10.2. The van der Waals surface area contributed by atoms with Crippen molar-refractivity contribution in [3.8, 4) is 0 Å². The third-order valence-electron chi connectivity index (χ3n) is 1.29. The molecule has 0 saturated heterocycles. The SMILES string of the molecule is O=CNCCCCCCI. The summed E-state index contributed by atoms with van der Waals surface area (Å²) in [7, 11) is 0. The van der Waals surface area contributed by atoms with Gasteiger partial charge in [0.05, 0.1) is 0 Å². The van der Waals surface area contributed by atoms with Crippen LogP contribution >= 0.6 is 22.6 Å². The van der Waals surface area contributed by atoms with Gasteiger partial charge < -0.3 is 5.32 Å². The second-order valence-electron chi connectivity index (χ2n) is 2.18. The van der Waals surface area contributed by atoms with E-state index >= 15 is 0 Å². The number of carbonyl (C=O) groups excluding carboxylic acids is 1. The largest absolute Gasteiger partial charge is 0.359 e. The summed E-state index contributed by atoms with van der Waals surface area (Å²) >= 11 is 2.38. The van der Waals surface area contributed by atoms with E-state index in [0.717, 1.165) is 19.4 Å². The Morgan fingerprint density at radius 1 is 1.20 bits per heavy atom. The van der Waals surface area contributed by atoms with Crippen molar-refractivity contribution < 1.29 is 4.79 Å². The summed E-state index contributed by atoms with van der Waals surface area (Å²) in [5, 5.41) is 2.64. The van der Waals surface area contributed by atoms with E-state index < -0.39 is 0 Å². The first-order chi connectivity index (χ1) is 4.91. The summed E-state index contributed by atoms with van der Waals surface area (Å²) in [5.74, 6) is 0. The maximum atomic E-state index is 9.78. The van der Waals surface area contributed by atoms with Crippen LogP contribution in [-0.2, 0) is 4.79 Å². The smallest absolute Gasteiger partial charge is 0.207 e. The van der Waals surface area contributed by atoms with Gasteiger partial charge >= 0.3 is 0 Å². The van der Waals surface area contributed by atoms with E-state index in [-0.39, 0.29) is 0 Å². The maximum Gasteiger partial charge on any atom is 0.207 e. The van der Waals surface area contributed by atoms with Crippen LogP contribution in [0.25, 0.3) is 0 Å². The average molecular weight is 255 g/mol. The van der Waals surface area contributed by atoms with Gasteiger partial charge in [-0.2, -0.15) is 0 Å². The first-order valence-corrected chi connectivity index (χ1v) is 5.17. The van der Waals surface area contributed by atoms with Gasteiger partial charge in [0.25, 0.3) is 0 Å². The Hall–Kier alpha value is 0.200. The standard InChI is InChI=1S/C7H14INO/c8-5-3-1-2-4-6-9-7-10/h7H,1-6H2,(H,9,10). The lowest BCUT2D eigenvalue weighted by Gasteiger charge is -1.97. The van der Waals surface area contributed by atoms with Crippen molar-refractivity contribution in [3.63, 3.8) is 0 Å². The molecule has 0 aromatic carbocycles. The van der Waals surface area contributed by atoms with E-state index in [1.807, 2.05) is 0 Å². The van der Waals surface area contributed by atoms with Crippen LogP contribution in [-0.4, -0.2) is 17.4 Å². The monoisotopic (exact) mass is 255 g/mol. The molecule has 0 unspecified atom stereocenters. The lowest BCUT2D eigenvalue weighted by Crippen LogP contribution is -2.11. The zero-order chi connectivity index (χ0) is 7.66. The Morgan fingerprint density at radius 2 is 1.90 bits per heavy atom. The van der Waals surface area contributed by atoms with Gasteiger partial charge in [-0.15, -0.1) is 0 Å². The number of nitrogens with one attached hydrogen (secondary N) is 1. The fourth-order valence-electron chi connectivity index (χ4n) is 0.734. The third-order valence-corrected chi connectivity index (χ3v) is 2.05. The summed E-state index contributed by atoms with van der Waals surface area (Å²) in [4.78, 5) is 9.78. The van der Waals surface area contributed by atoms with Crippen molar-refractivity contribution in [2.24, 2.45) is 0 Å². The minimum Gasteiger partial charge on any atom is -0.359 e. The lowest BCUT2D eigenvalue weighted by molar-refractivity contribution is -0.109. The highest BCUT2D eigenvalue weighted by Gasteiger charge is 1.86. The van der Waals surface area contributed by atoms with Crippen LogP contribution in [0.1, 0.15) is 25.7 Å². The van der Waals surface area contributed by atoms with Gasteiger partial charge in [-0.25, -0.2) is 0 Å². The number of halogens is 1. The zero-order valence-corrected chi connectivity index (χ0v) is 8.26. The number of rotatable bonds is 7. The summed E-state index contributed by atoms with van der Waals surface area (Å²) in [5.41, 5.74) is 0. The van der Waals surface area contributed by atoms with Crippen molar-refractivity contribution in [1.82, 2.24) is 5.32 Å². The van der Waals surface area contributed by atoms with E-state index in [0.29, 0.717) is 0 Å². The minimum absolute atomic E-state index is 0.762. The Bertz CT molecular complexity index is 78.0. The lowest BCUT2D eigenvalue weighted by atomic mass is 10.2. The van der Waals surface area contributed by atoms with Crippen molar-refractivity contribution in [3.05, 3.63) is 0 Å². The summed E-state index contributed by atoms with van der Waals surface area (Å²) in [6, 6.07) is 0. The molecule has 0 aromatic rings. The minimum atomic E-state index is 0.762. The fraction of sp³-hybridized carbons (Fsp3) is 0.857. The number of hydrogen-bond donors (Lipinski definition) is 1. The fourth-order valence-corrected chi connectivity index (χ4v) is 1.27. The highest BCUT2D eigenvalue weighted by atomic mass is 127. The van der Waals surface area contributed by atoms with Crippen LogP contribution in [0.4, 0.5) is 0 Å². The van der Waals surface area contributed by atoms with Crippen LogP contribution < -0.4 is 5.32 Å². The van der Waals surface area contributed by atoms with E-state index in [4.69, 9.17) is 0 Å². The van der Waals surface area contributed by atoms with Gasteiger partial charge in [-0.3, -0.25) is 4.79 Å². The maximum absolute atomic E-state index is 9.78. The predicted octanol–water partition coefficient (Wildman–Crippen LogP) is 1.73. The average Bonchev–Trinajstić information content (AvgIpc) is 1.97. The van der Waals surface area contributed by atoms with E-state index in [1.165, 1.54) is 23.7 Å². The van der Waals surface area contributed by atoms with Gasteiger partial charge in [0.1, 0.15) is 0 Å². The molecule has 10 heavy (non-hydrogen) atoms. The number of amides is 1. The van der Waals surface area contributed by atoms with E-state index in [9.17, 15) is 4.79 Å². The van der Waals surface area contributed by atoms with E-state index in [1.54, 1.807) is 0 Å². The number of unbranched alkanes of at least 4 members (excludes halogenated alkanes) is 3. The molecule has 0 spiro atoms. The first-order valence-electron chi connectivity index (χ1n) is 3.65. The molecule has 0 aliphatic carbocycles. The Morgan fingerprint density at radius 3 is 2.50 bits per heavy atom. The van der Waals surface area contributed by atoms with Gasteiger partial charge in [-0.1, -0.05) is 35.4 Å². The molecule has 0 aromatic heterocycles. The van der Waals surface area contributed by atoms with Crippen molar-refractivity contribution in [2.75, 3.05) is 11.0 Å². The van der Waals surface area contributed by atoms with Crippen LogP contribution in [0.3, 0.4) is 0 Å². The van der Waals surface area contributed by atoms with Gasteiger partial charge in [0, 0.05) is 6.54 Å². The number of alkyl halides is 1. The Labute approximate surface area is 75.9 Å². The third kappa shape index (κ3) is 8.20. The van der Waals surface area contributed by atoms with Gasteiger partial charge in [0.2, 0.25) is 6.41 Å². The molecule has 2 nitrogen and oxygen atoms in total. The Kier molecular flexibility index (Phi) is 9.38. The molecule has 0 atom stereocenters. The second-order valence-corrected chi connectivity index (χ2v) is 3.25. The van der Waals surface area contributed by atoms with Crippen LogP contribution in [0.5, 0.6) is 0 Å². The molecular weight excluding hydrogens is 241 g/mol. The van der Waals surface area contributed by atoms with Crippen molar-refractivity contribution in [2.45, 2.75) is 25.7 Å². The molecule has 0 bridgehead atoms. The molecule has 0 rings (SSSR count). The van der Waals surface area contributed by atoms with Gasteiger partial charge in [0.15, 0.2) is 0 Å². The molecular formula is C7H14INO. The molecule has 0 saturated carbocycles. The Balaban J connectivity index is 2.70. The van der Waals surface area contributed by atoms with Crippen LogP contribution in [0, 0.1) is 0 Å². The molecule has 0 heterocycles. The molecule has 1 amide bonds. The molecule has 1 N–H and O–H groups in total. The van der Waals surface area contributed by atoms with Crippen molar-refractivity contribution in [1.29, 1.82) is 0 Å². The number of hydrogen-bond acceptors (Lipinski definition) is 1. The molecule has 60 valence electrons. The highest BCUT2D eigenvalue weighted by molar-refractivity contribution is 14.1. The van der Waals surface area contributed by atoms with Crippen molar-refractivity contribution >= 4 is 29.0 Å². The molecule has 0 aliphatic rings. The second kappa shape index (κ2) is 9.20. The van der Waals surface area contributed by atoms with Gasteiger partial charge in [-0.05, 0) is 17.3 Å². The zero-order valence-electron chi connectivity index (χ0n) is 6.11. The normalized spacial score (nSPS) is 9.30. The quantitative estimate of drug-likeness (QED) is 0.319. The number of carbonyl (C=O) groups is 1. The summed E-state index contributed by atoms with van der Waals surface area (Å²) in [6.07, 6.45) is 5.72. The summed E-state index contributed by atoms with van der Waals surface area (Å²) in [6.45, 7) is 0.838. The predicted molar refractivity (Wildman–Crippen MR) is 51.4 cm³/mol. The summed E-state index contributed by atoms with van der Waals surface area (Å²) < 4.78 is 1.25. The molecule has 0 fully saturated rings. The molecule has 0 radical (unpaired) electrons.